The van der Waals surface area contributed by atoms with Gasteiger partial charge in [0.05, 0.1) is 7.11 Å². The van der Waals surface area contributed by atoms with Gasteiger partial charge in [-0.15, -0.1) is 0 Å². The SMILES string of the molecule is COC(=O)[C@H](C)Oc1cccc(C(N)=O)c1. The Morgan fingerprint density at radius 1 is 1.38 bits per heavy atom. The van der Waals surface area contributed by atoms with E-state index in [2.05, 4.69) is 4.74 Å². The predicted octanol–water partition coefficient (Wildman–Crippen LogP) is 0.726. The van der Waals surface area contributed by atoms with Gasteiger partial charge in [0.2, 0.25) is 5.91 Å². The lowest BCUT2D eigenvalue weighted by atomic mass is 10.2. The molecule has 0 unspecified atom stereocenters. The zero-order valence-electron chi connectivity index (χ0n) is 9.10. The topological polar surface area (TPSA) is 78.6 Å². The summed E-state index contributed by atoms with van der Waals surface area (Å²) in [7, 11) is 1.28. The molecule has 0 saturated heterocycles. The van der Waals surface area contributed by atoms with Crippen molar-refractivity contribution < 1.29 is 19.1 Å². The van der Waals surface area contributed by atoms with Crippen molar-refractivity contribution >= 4 is 11.9 Å². The van der Waals surface area contributed by atoms with Gasteiger partial charge in [0, 0.05) is 5.56 Å². The number of ether oxygens (including phenoxy) is 2. The molecule has 1 rings (SSSR count). The van der Waals surface area contributed by atoms with Gasteiger partial charge in [0.25, 0.3) is 0 Å². The number of carbonyl (C=O) groups excluding carboxylic acids is 2. The van der Waals surface area contributed by atoms with Crippen molar-refractivity contribution in [2.24, 2.45) is 5.73 Å². The van der Waals surface area contributed by atoms with Crippen LogP contribution < -0.4 is 10.5 Å². The molecule has 0 aliphatic rings. The molecule has 1 amide bonds. The molecule has 0 heterocycles. The van der Waals surface area contributed by atoms with E-state index < -0.39 is 18.0 Å². The molecule has 1 atom stereocenters. The van der Waals surface area contributed by atoms with Crippen LogP contribution in [0.1, 0.15) is 17.3 Å². The van der Waals surface area contributed by atoms with Crippen LogP contribution >= 0.6 is 0 Å². The average Bonchev–Trinajstić information content (AvgIpc) is 2.28. The largest absolute Gasteiger partial charge is 0.479 e. The fraction of sp³-hybridized carbons (Fsp3) is 0.273. The highest BCUT2D eigenvalue weighted by atomic mass is 16.6. The lowest BCUT2D eigenvalue weighted by Crippen LogP contribution is -2.25. The third kappa shape index (κ3) is 2.98. The molecule has 86 valence electrons. The molecular weight excluding hydrogens is 210 g/mol. The molecule has 1 aromatic rings. The van der Waals surface area contributed by atoms with Crippen molar-refractivity contribution in [3.63, 3.8) is 0 Å². The highest BCUT2D eigenvalue weighted by Gasteiger charge is 2.15. The van der Waals surface area contributed by atoms with E-state index in [1.165, 1.54) is 13.2 Å². The van der Waals surface area contributed by atoms with Crippen molar-refractivity contribution in [2.45, 2.75) is 13.0 Å². The van der Waals surface area contributed by atoms with E-state index in [9.17, 15) is 9.59 Å². The Morgan fingerprint density at radius 2 is 2.06 bits per heavy atom. The van der Waals surface area contributed by atoms with Crippen LogP contribution in [-0.2, 0) is 9.53 Å². The van der Waals surface area contributed by atoms with Crippen LogP contribution in [0.4, 0.5) is 0 Å². The molecule has 2 N–H and O–H groups in total. The van der Waals surface area contributed by atoms with Crippen LogP contribution in [0.15, 0.2) is 24.3 Å². The molecule has 0 aromatic heterocycles. The maximum absolute atomic E-state index is 11.1. The van der Waals surface area contributed by atoms with Crippen LogP contribution in [0.25, 0.3) is 0 Å². The smallest absolute Gasteiger partial charge is 0.346 e. The van der Waals surface area contributed by atoms with Gasteiger partial charge in [-0.1, -0.05) is 6.07 Å². The van der Waals surface area contributed by atoms with Crippen LogP contribution in [0.3, 0.4) is 0 Å². The van der Waals surface area contributed by atoms with Gasteiger partial charge < -0.3 is 15.2 Å². The molecule has 0 spiro atoms. The van der Waals surface area contributed by atoms with Crippen LogP contribution in [-0.4, -0.2) is 25.1 Å². The molecule has 0 bridgehead atoms. The normalized spacial score (nSPS) is 11.6. The number of esters is 1. The zero-order chi connectivity index (χ0) is 12.1. The second-order valence-electron chi connectivity index (χ2n) is 3.18. The lowest BCUT2D eigenvalue weighted by molar-refractivity contribution is -0.147. The second kappa shape index (κ2) is 5.16. The Morgan fingerprint density at radius 3 is 2.62 bits per heavy atom. The molecular formula is C11H13NO4. The average molecular weight is 223 g/mol. The molecule has 5 heteroatoms. The van der Waals surface area contributed by atoms with Crippen molar-refractivity contribution in [1.82, 2.24) is 0 Å². The van der Waals surface area contributed by atoms with Gasteiger partial charge >= 0.3 is 5.97 Å². The van der Waals surface area contributed by atoms with E-state index in [1.807, 2.05) is 0 Å². The quantitative estimate of drug-likeness (QED) is 0.763. The Labute approximate surface area is 93.1 Å². The number of hydrogen-bond acceptors (Lipinski definition) is 4. The minimum atomic E-state index is -0.729. The Hall–Kier alpha value is -2.04. The summed E-state index contributed by atoms with van der Waals surface area (Å²) in [5.74, 6) is -0.630. The van der Waals surface area contributed by atoms with Gasteiger partial charge in [-0.25, -0.2) is 4.79 Å². The number of methoxy groups -OCH3 is 1. The number of amides is 1. The maximum atomic E-state index is 11.1. The minimum Gasteiger partial charge on any atom is -0.479 e. The van der Waals surface area contributed by atoms with E-state index in [0.717, 1.165) is 0 Å². The number of hydrogen-bond donors (Lipinski definition) is 1. The third-order valence-corrected chi connectivity index (χ3v) is 1.96. The maximum Gasteiger partial charge on any atom is 0.346 e. The van der Waals surface area contributed by atoms with Crippen molar-refractivity contribution in [3.8, 4) is 5.75 Å². The summed E-state index contributed by atoms with van der Waals surface area (Å²) in [6.07, 6.45) is -0.729. The third-order valence-electron chi connectivity index (χ3n) is 1.96. The van der Waals surface area contributed by atoms with E-state index in [4.69, 9.17) is 10.5 Å². The molecule has 0 saturated carbocycles. The summed E-state index contributed by atoms with van der Waals surface area (Å²) in [5.41, 5.74) is 5.44. The molecule has 16 heavy (non-hydrogen) atoms. The first-order valence-corrected chi connectivity index (χ1v) is 4.69. The first-order valence-electron chi connectivity index (χ1n) is 4.69. The zero-order valence-corrected chi connectivity index (χ0v) is 9.10. The number of primary amides is 1. The minimum absolute atomic E-state index is 0.328. The van der Waals surface area contributed by atoms with Crippen LogP contribution in [0.2, 0.25) is 0 Å². The second-order valence-corrected chi connectivity index (χ2v) is 3.18. The van der Waals surface area contributed by atoms with Gasteiger partial charge in [-0.2, -0.15) is 0 Å². The lowest BCUT2D eigenvalue weighted by Gasteiger charge is -2.12. The number of nitrogens with two attached hydrogens (primary N) is 1. The molecule has 0 aliphatic heterocycles. The summed E-state index contributed by atoms with van der Waals surface area (Å²) in [6, 6.07) is 6.30. The number of rotatable bonds is 4. The van der Waals surface area contributed by atoms with Crippen molar-refractivity contribution in [3.05, 3.63) is 29.8 Å². The van der Waals surface area contributed by atoms with E-state index >= 15 is 0 Å². The summed E-state index contributed by atoms with van der Waals surface area (Å²) in [4.78, 5) is 22.0. The summed E-state index contributed by atoms with van der Waals surface area (Å²) in [6.45, 7) is 1.56. The first kappa shape index (κ1) is 12.0. The Kier molecular flexibility index (Phi) is 3.88. The fourth-order valence-corrected chi connectivity index (χ4v) is 1.14. The highest BCUT2D eigenvalue weighted by Crippen LogP contribution is 2.14. The highest BCUT2D eigenvalue weighted by molar-refractivity contribution is 5.93. The van der Waals surface area contributed by atoms with E-state index in [0.29, 0.717) is 11.3 Å². The molecule has 0 fully saturated rings. The Bertz CT molecular complexity index is 403. The van der Waals surface area contributed by atoms with Crippen LogP contribution in [0.5, 0.6) is 5.75 Å². The van der Waals surface area contributed by atoms with Gasteiger partial charge in [0.1, 0.15) is 5.75 Å². The summed E-state index contributed by atoms with van der Waals surface area (Å²) >= 11 is 0. The molecule has 0 aliphatic carbocycles. The molecule has 1 aromatic carbocycles. The Balaban J connectivity index is 2.78. The first-order chi connectivity index (χ1) is 7.54. The fourth-order valence-electron chi connectivity index (χ4n) is 1.14. The number of carbonyl (C=O) groups is 2. The summed E-state index contributed by atoms with van der Waals surface area (Å²) < 4.78 is 9.78. The predicted molar refractivity (Wildman–Crippen MR) is 57.1 cm³/mol. The van der Waals surface area contributed by atoms with E-state index in [-0.39, 0.29) is 0 Å². The van der Waals surface area contributed by atoms with Gasteiger partial charge in [-0.05, 0) is 25.1 Å². The molecule has 5 nitrogen and oxygen atoms in total. The summed E-state index contributed by atoms with van der Waals surface area (Å²) in [5, 5.41) is 0. The number of benzene rings is 1. The van der Waals surface area contributed by atoms with Crippen molar-refractivity contribution in [2.75, 3.05) is 7.11 Å². The van der Waals surface area contributed by atoms with Crippen LogP contribution in [0, 0.1) is 0 Å². The van der Waals surface area contributed by atoms with Crippen molar-refractivity contribution in [1.29, 1.82) is 0 Å². The molecule has 0 radical (unpaired) electrons. The van der Waals surface area contributed by atoms with Gasteiger partial charge in [0.15, 0.2) is 6.10 Å². The monoisotopic (exact) mass is 223 g/mol. The van der Waals surface area contributed by atoms with E-state index in [1.54, 1.807) is 25.1 Å². The standard InChI is InChI=1S/C11H13NO4/c1-7(11(14)15-2)16-9-5-3-4-8(6-9)10(12)13/h3-7H,1-2H3,(H2,12,13)/t7-/m0/s1. The van der Waals surface area contributed by atoms with Gasteiger partial charge in [-0.3, -0.25) is 4.79 Å².